The molecule has 0 saturated heterocycles. The summed E-state index contributed by atoms with van der Waals surface area (Å²) in [4.78, 5) is 16.3. The third-order valence-electron chi connectivity index (χ3n) is 3.11. The van der Waals surface area contributed by atoms with E-state index in [1.165, 1.54) is 17.8 Å². The second kappa shape index (κ2) is 5.09. The first-order chi connectivity index (χ1) is 8.38. The van der Waals surface area contributed by atoms with Gasteiger partial charge in [0.2, 0.25) is 5.88 Å². The van der Waals surface area contributed by atoms with Gasteiger partial charge in [-0.1, -0.05) is 43.9 Å². The van der Waals surface area contributed by atoms with Crippen LogP contribution in [0.5, 0.6) is 5.88 Å². The highest BCUT2D eigenvalue weighted by atomic mass is 32.2. The highest BCUT2D eigenvalue weighted by Gasteiger charge is 2.21. The Morgan fingerprint density at radius 3 is 2.83 bits per heavy atom. The van der Waals surface area contributed by atoms with Crippen LogP contribution in [0.3, 0.4) is 0 Å². The van der Waals surface area contributed by atoms with Crippen LogP contribution in [-0.2, 0) is 13.0 Å². The predicted molar refractivity (Wildman–Crippen MR) is 77.4 cm³/mol. The fourth-order valence-corrected chi connectivity index (χ4v) is 4.29. The highest BCUT2D eigenvalue weighted by molar-refractivity contribution is 7.99. The van der Waals surface area contributed by atoms with Crippen LogP contribution in [0.2, 0.25) is 25.7 Å². The van der Waals surface area contributed by atoms with E-state index in [1.807, 2.05) is 0 Å². The number of hydrogen-bond acceptors (Lipinski definition) is 4. The zero-order valence-corrected chi connectivity index (χ0v) is 13.0. The summed E-state index contributed by atoms with van der Waals surface area (Å²) in [5, 5.41) is 10.5. The molecule has 0 fully saturated rings. The fraction of sp³-hybridized carbons (Fsp3) is 0.667. The molecule has 0 unspecified atom stereocenters. The molecule has 1 aliphatic heterocycles. The highest BCUT2D eigenvalue weighted by Crippen LogP contribution is 2.25. The Kier molecular flexibility index (Phi) is 3.86. The number of aromatic nitrogens is 2. The van der Waals surface area contributed by atoms with Crippen molar-refractivity contribution in [1.29, 1.82) is 0 Å². The van der Waals surface area contributed by atoms with Gasteiger partial charge in [0.05, 0.1) is 5.56 Å². The van der Waals surface area contributed by atoms with E-state index >= 15 is 0 Å². The maximum Gasteiger partial charge on any atom is 0.261 e. The number of fused-ring (bicyclic) bond motifs is 1. The van der Waals surface area contributed by atoms with Gasteiger partial charge in [-0.25, -0.2) is 0 Å². The third kappa shape index (κ3) is 2.98. The zero-order valence-electron chi connectivity index (χ0n) is 11.2. The fourth-order valence-electron chi connectivity index (χ4n) is 2.11. The minimum absolute atomic E-state index is 0.0434. The molecule has 1 aliphatic rings. The lowest BCUT2D eigenvalue weighted by atomic mass is 10.2. The summed E-state index contributed by atoms with van der Waals surface area (Å²) in [5.74, 6) is 0.816. The van der Waals surface area contributed by atoms with E-state index in [9.17, 15) is 9.90 Å². The number of thioether (sulfide) groups is 1. The van der Waals surface area contributed by atoms with Gasteiger partial charge in [0.25, 0.3) is 5.56 Å². The Bertz CT molecular complexity index is 508. The Morgan fingerprint density at radius 2 is 2.17 bits per heavy atom. The van der Waals surface area contributed by atoms with Gasteiger partial charge in [0.1, 0.15) is 0 Å². The molecule has 4 nitrogen and oxygen atoms in total. The molecule has 100 valence electrons. The predicted octanol–water partition coefficient (Wildman–Crippen LogP) is 2.33. The van der Waals surface area contributed by atoms with E-state index < -0.39 is 8.07 Å². The first-order valence-corrected chi connectivity index (χ1v) is 11.0. The van der Waals surface area contributed by atoms with Gasteiger partial charge < -0.3 is 5.11 Å². The molecule has 1 aromatic heterocycles. The quantitative estimate of drug-likeness (QED) is 0.681. The van der Waals surface area contributed by atoms with Crippen molar-refractivity contribution in [3.63, 3.8) is 0 Å². The SMILES string of the molecule is C[Si](C)(C)CCCc1c(O)nc2n(c1=O)CCS2. The van der Waals surface area contributed by atoms with Crippen LogP contribution >= 0.6 is 11.8 Å². The van der Waals surface area contributed by atoms with Crippen LogP contribution in [-0.4, -0.2) is 28.5 Å². The molecule has 1 aromatic rings. The van der Waals surface area contributed by atoms with Crippen LogP contribution in [0.15, 0.2) is 9.95 Å². The molecule has 2 heterocycles. The second-order valence-corrected chi connectivity index (χ2v) is 12.6. The molecule has 0 spiro atoms. The summed E-state index contributed by atoms with van der Waals surface area (Å²) in [5.41, 5.74) is 0.456. The summed E-state index contributed by atoms with van der Waals surface area (Å²) in [7, 11) is -1.08. The van der Waals surface area contributed by atoms with Gasteiger partial charge in [0, 0.05) is 20.4 Å². The van der Waals surface area contributed by atoms with Crippen molar-refractivity contribution in [2.24, 2.45) is 0 Å². The first kappa shape index (κ1) is 13.7. The second-order valence-electron chi connectivity index (χ2n) is 5.92. The topological polar surface area (TPSA) is 55.1 Å². The van der Waals surface area contributed by atoms with E-state index in [-0.39, 0.29) is 11.4 Å². The Morgan fingerprint density at radius 1 is 1.44 bits per heavy atom. The minimum atomic E-state index is -1.08. The molecule has 0 atom stereocenters. The minimum Gasteiger partial charge on any atom is -0.493 e. The van der Waals surface area contributed by atoms with E-state index in [1.54, 1.807) is 4.57 Å². The molecule has 1 N–H and O–H groups in total. The zero-order chi connectivity index (χ0) is 13.3. The molecule has 18 heavy (non-hydrogen) atoms. The third-order valence-corrected chi connectivity index (χ3v) is 5.92. The van der Waals surface area contributed by atoms with Gasteiger partial charge in [-0.05, 0) is 6.42 Å². The van der Waals surface area contributed by atoms with Crippen molar-refractivity contribution in [3.8, 4) is 5.88 Å². The van der Waals surface area contributed by atoms with Gasteiger partial charge in [-0.2, -0.15) is 4.98 Å². The van der Waals surface area contributed by atoms with Gasteiger partial charge >= 0.3 is 0 Å². The number of nitrogens with zero attached hydrogens (tertiary/aromatic N) is 2. The molecule has 0 aromatic carbocycles. The van der Waals surface area contributed by atoms with E-state index in [0.717, 1.165) is 12.2 Å². The smallest absolute Gasteiger partial charge is 0.261 e. The Labute approximate surface area is 112 Å². The van der Waals surface area contributed by atoms with Crippen LogP contribution in [0.4, 0.5) is 0 Å². The lowest BCUT2D eigenvalue weighted by Gasteiger charge is -2.15. The standard InChI is InChI=1S/C12H20N2O2SSi/c1-18(2,3)8-4-5-9-10(15)13-12-14(11(9)16)6-7-17-12/h15H,4-8H2,1-3H3. The number of hydrogen-bond donors (Lipinski definition) is 1. The molecule has 0 saturated carbocycles. The molecule has 2 rings (SSSR count). The normalized spacial score (nSPS) is 14.8. The molecule has 0 amide bonds. The monoisotopic (exact) mass is 284 g/mol. The van der Waals surface area contributed by atoms with Crippen molar-refractivity contribution in [2.75, 3.05) is 5.75 Å². The van der Waals surface area contributed by atoms with E-state index in [4.69, 9.17) is 0 Å². The Hall–Kier alpha value is -0.753. The molecular weight excluding hydrogens is 264 g/mol. The van der Waals surface area contributed by atoms with E-state index in [2.05, 4.69) is 24.6 Å². The lowest BCUT2D eigenvalue weighted by molar-refractivity contribution is 0.426. The number of rotatable bonds is 4. The molecular formula is C12H20N2O2SSi. The molecule has 0 bridgehead atoms. The van der Waals surface area contributed by atoms with Crippen LogP contribution < -0.4 is 5.56 Å². The van der Waals surface area contributed by atoms with Crippen molar-refractivity contribution in [2.45, 2.75) is 50.2 Å². The van der Waals surface area contributed by atoms with Crippen LogP contribution in [0.1, 0.15) is 12.0 Å². The summed E-state index contributed by atoms with van der Waals surface area (Å²) in [6, 6.07) is 1.17. The molecule has 6 heteroatoms. The lowest BCUT2D eigenvalue weighted by Crippen LogP contribution is -2.25. The number of aromatic hydroxyl groups is 1. The average Bonchev–Trinajstić information content (AvgIpc) is 2.69. The van der Waals surface area contributed by atoms with Crippen molar-refractivity contribution >= 4 is 19.8 Å². The largest absolute Gasteiger partial charge is 0.493 e. The van der Waals surface area contributed by atoms with Gasteiger partial charge in [0.15, 0.2) is 5.16 Å². The van der Waals surface area contributed by atoms with E-state index in [0.29, 0.717) is 23.7 Å². The van der Waals surface area contributed by atoms with Crippen LogP contribution in [0, 0.1) is 0 Å². The van der Waals surface area contributed by atoms with Crippen molar-refractivity contribution in [3.05, 3.63) is 15.9 Å². The van der Waals surface area contributed by atoms with Gasteiger partial charge in [-0.15, -0.1) is 0 Å². The summed E-state index contributed by atoms with van der Waals surface area (Å²) >= 11 is 1.53. The van der Waals surface area contributed by atoms with Crippen molar-refractivity contribution in [1.82, 2.24) is 9.55 Å². The summed E-state index contributed by atoms with van der Waals surface area (Å²) < 4.78 is 1.69. The maximum atomic E-state index is 12.2. The van der Waals surface area contributed by atoms with Gasteiger partial charge in [-0.3, -0.25) is 9.36 Å². The summed E-state index contributed by atoms with van der Waals surface area (Å²) in [6.45, 7) is 7.67. The van der Waals surface area contributed by atoms with Crippen molar-refractivity contribution < 1.29 is 5.11 Å². The molecule has 0 aliphatic carbocycles. The van der Waals surface area contributed by atoms with Crippen LogP contribution in [0.25, 0.3) is 0 Å². The Balaban J connectivity index is 2.16. The first-order valence-electron chi connectivity index (χ1n) is 6.34. The summed E-state index contributed by atoms with van der Waals surface area (Å²) in [6.07, 6.45) is 1.61. The maximum absolute atomic E-state index is 12.2. The average molecular weight is 284 g/mol. The molecule has 0 radical (unpaired) electrons.